The fourth-order valence-electron chi connectivity index (χ4n) is 2.64. The van der Waals surface area contributed by atoms with E-state index in [0.29, 0.717) is 30.5 Å². The third-order valence-corrected chi connectivity index (χ3v) is 4.16. The second-order valence-corrected chi connectivity index (χ2v) is 6.07. The number of hydrogen-bond acceptors (Lipinski definition) is 5. The fourth-order valence-corrected chi connectivity index (χ4v) is 2.64. The molecule has 0 radical (unpaired) electrons. The summed E-state index contributed by atoms with van der Waals surface area (Å²) >= 11 is 0. The van der Waals surface area contributed by atoms with Gasteiger partial charge in [-0.1, -0.05) is 28.9 Å². The van der Waals surface area contributed by atoms with Crippen molar-refractivity contribution in [2.45, 2.75) is 12.8 Å². The van der Waals surface area contributed by atoms with Gasteiger partial charge in [0.15, 0.2) is 0 Å². The Hall–Kier alpha value is -3.22. The van der Waals surface area contributed by atoms with Crippen LogP contribution in [0.3, 0.4) is 0 Å². The highest BCUT2D eigenvalue weighted by atomic mass is 16.5. The lowest BCUT2D eigenvalue weighted by molar-refractivity contribution is 0.147. The maximum atomic E-state index is 12.2. The first kappa shape index (κ1) is 15.3. The number of aryl methyl sites for hydroxylation is 1. The van der Waals surface area contributed by atoms with Gasteiger partial charge in [0.25, 0.3) is 0 Å². The molecule has 2 amide bonds. The number of rotatable bonds is 3. The van der Waals surface area contributed by atoms with E-state index < -0.39 is 0 Å². The van der Waals surface area contributed by atoms with Crippen LogP contribution in [0.15, 0.2) is 53.2 Å². The van der Waals surface area contributed by atoms with E-state index >= 15 is 0 Å². The van der Waals surface area contributed by atoms with Gasteiger partial charge in [-0.2, -0.15) is 4.98 Å². The molecule has 0 atom stereocenters. The predicted octanol–water partition coefficient (Wildman–Crippen LogP) is 3.07. The molecule has 0 spiro atoms. The molecule has 7 heteroatoms. The topological polar surface area (TPSA) is 84.2 Å². The third-order valence-electron chi connectivity index (χ3n) is 4.16. The van der Waals surface area contributed by atoms with Gasteiger partial charge < -0.3 is 14.7 Å². The standard InChI is InChI=1S/C18H17N5O2/c1-12-5-7-14(8-6-12)20-18(24)23-10-13(11-23)17-21-16(22-25-17)15-4-2-3-9-19-15/h2-9,13H,10-11H2,1H3,(H,20,24). The van der Waals surface area contributed by atoms with Crippen LogP contribution in [-0.2, 0) is 0 Å². The van der Waals surface area contributed by atoms with Crippen molar-refractivity contribution in [1.82, 2.24) is 20.0 Å². The van der Waals surface area contributed by atoms with Crippen LogP contribution in [0.1, 0.15) is 17.4 Å². The van der Waals surface area contributed by atoms with E-state index in [-0.39, 0.29) is 11.9 Å². The number of aromatic nitrogens is 3. The minimum atomic E-state index is -0.121. The van der Waals surface area contributed by atoms with Crippen molar-refractivity contribution < 1.29 is 9.32 Å². The number of nitrogens with one attached hydrogen (secondary N) is 1. The molecule has 1 saturated heterocycles. The van der Waals surface area contributed by atoms with E-state index in [9.17, 15) is 4.79 Å². The third kappa shape index (κ3) is 3.21. The average Bonchev–Trinajstić information content (AvgIpc) is 3.06. The van der Waals surface area contributed by atoms with E-state index in [0.717, 1.165) is 11.3 Å². The Bertz CT molecular complexity index is 870. The van der Waals surface area contributed by atoms with E-state index in [1.54, 1.807) is 11.1 Å². The Morgan fingerprint density at radius 2 is 2.00 bits per heavy atom. The molecule has 7 nitrogen and oxygen atoms in total. The summed E-state index contributed by atoms with van der Waals surface area (Å²) in [6.07, 6.45) is 1.69. The Morgan fingerprint density at radius 1 is 1.20 bits per heavy atom. The number of nitrogens with zero attached hydrogens (tertiary/aromatic N) is 4. The normalized spacial score (nSPS) is 14.2. The molecule has 0 bridgehead atoms. The Morgan fingerprint density at radius 3 is 2.72 bits per heavy atom. The van der Waals surface area contributed by atoms with Crippen LogP contribution in [-0.4, -0.2) is 39.1 Å². The van der Waals surface area contributed by atoms with E-state index in [1.165, 1.54) is 0 Å². The minimum absolute atomic E-state index is 0.0636. The van der Waals surface area contributed by atoms with Gasteiger partial charge in [-0.3, -0.25) is 4.98 Å². The number of urea groups is 1. The number of carbonyl (C=O) groups is 1. The predicted molar refractivity (Wildman–Crippen MR) is 92.0 cm³/mol. The van der Waals surface area contributed by atoms with E-state index in [1.807, 2.05) is 49.4 Å². The zero-order valence-corrected chi connectivity index (χ0v) is 13.7. The fraction of sp³-hybridized carbons (Fsp3) is 0.222. The van der Waals surface area contributed by atoms with Crippen molar-refractivity contribution in [2.75, 3.05) is 18.4 Å². The smallest absolute Gasteiger partial charge is 0.321 e. The highest BCUT2D eigenvalue weighted by Crippen LogP contribution is 2.27. The number of amides is 2. The summed E-state index contributed by atoms with van der Waals surface area (Å²) in [5.41, 5.74) is 2.61. The molecule has 1 aliphatic rings. The molecule has 2 aromatic heterocycles. The number of likely N-dealkylation sites (tertiary alicyclic amines) is 1. The van der Waals surface area contributed by atoms with Crippen molar-refractivity contribution in [3.63, 3.8) is 0 Å². The second-order valence-electron chi connectivity index (χ2n) is 6.07. The number of benzene rings is 1. The summed E-state index contributed by atoms with van der Waals surface area (Å²) in [5, 5.41) is 6.85. The summed E-state index contributed by atoms with van der Waals surface area (Å²) < 4.78 is 5.32. The quantitative estimate of drug-likeness (QED) is 0.795. The first-order valence-electron chi connectivity index (χ1n) is 8.06. The number of pyridine rings is 1. The lowest BCUT2D eigenvalue weighted by Crippen LogP contribution is -2.50. The molecule has 25 heavy (non-hydrogen) atoms. The number of hydrogen-bond donors (Lipinski definition) is 1. The molecule has 0 unspecified atom stereocenters. The molecule has 4 rings (SSSR count). The zero-order chi connectivity index (χ0) is 17.2. The van der Waals surface area contributed by atoms with Gasteiger partial charge in [0.1, 0.15) is 5.69 Å². The molecule has 3 heterocycles. The molecule has 0 aliphatic carbocycles. The molecule has 1 N–H and O–H groups in total. The monoisotopic (exact) mass is 335 g/mol. The second kappa shape index (κ2) is 6.35. The van der Waals surface area contributed by atoms with Crippen LogP contribution in [0.4, 0.5) is 10.5 Å². The number of carbonyl (C=O) groups excluding carboxylic acids is 1. The van der Waals surface area contributed by atoms with Crippen molar-refractivity contribution in [3.8, 4) is 11.5 Å². The average molecular weight is 335 g/mol. The molecular weight excluding hydrogens is 318 g/mol. The maximum absolute atomic E-state index is 12.2. The summed E-state index contributed by atoms with van der Waals surface area (Å²) in [5.74, 6) is 1.08. The Balaban J connectivity index is 1.35. The Labute approximate surface area is 144 Å². The summed E-state index contributed by atoms with van der Waals surface area (Å²) in [7, 11) is 0. The molecule has 126 valence electrons. The molecule has 3 aromatic rings. The van der Waals surface area contributed by atoms with Gasteiger partial charge >= 0.3 is 6.03 Å². The van der Waals surface area contributed by atoms with Crippen LogP contribution < -0.4 is 5.32 Å². The lowest BCUT2D eigenvalue weighted by Gasteiger charge is -2.36. The minimum Gasteiger partial charge on any atom is -0.338 e. The largest absolute Gasteiger partial charge is 0.338 e. The van der Waals surface area contributed by atoms with Gasteiger partial charge in [-0.25, -0.2) is 4.79 Å². The maximum Gasteiger partial charge on any atom is 0.321 e. The van der Waals surface area contributed by atoms with Gasteiger partial charge in [0.05, 0.1) is 5.92 Å². The van der Waals surface area contributed by atoms with E-state index in [4.69, 9.17) is 4.52 Å². The molecule has 0 saturated carbocycles. The number of anilines is 1. The molecule has 1 aromatic carbocycles. The van der Waals surface area contributed by atoms with Gasteiger partial charge in [0.2, 0.25) is 11.7 Å². The molecule has 1 fully saturated rings. The van der Waals surface area contributed by atoms with Gasteiger partial charge in [-0.15, -0.1) is 0 Å². The van der Waals surface area contributed by atoms with Crippen molar-refractivity contribution in [3.05, 3.63) is 60.1 Å². The van der Waals surface area contributed by atoms with Crippen molar-refractivity contribution in [2.24, 2.45) is 0 Å². The summed E-state index contributed by atoms with van der Waals surface area (Å²) in [6.45, 7) is 3.12. The lowest BCUT2D eigenvalue weighted by atomic mass is 10.0. The Kier molecular flexibility index (Phi) is 3.89. The van der Waals surface area contributed by atoms with Gasteiger partial charge in [0, 0.05) is 25.0 Å². The van der Waals surface area contributed by atoms with Crippen molar-refractivity contribution in [1.29, 1.82) is 0 Å². The summed E-state index contributed by atoms with van der Waals surface area (Å²) in [6, 6.07) is 13.1. The van der Waals surface area contributed by atoms with Crippen LogP contribution in [0, 0.1) is 6.92 Å². The van der Waals surface area contributed by atoms with Crippen LogP contribution >= 0.6 is 0 Å². The van der Waals surface area contributed by atoms with Crippen LogP contribution in [0.2, 0.25) is 0 Å². The first-order valence-corrected chi connectivity index (χ1v) is 8.06. The SMILES string of the molecule is Cc1ccc(NC(=O)N2CC(c3nc(-c4ccccn4)no3)C2)cc1. The first-order chi connectivity index (χ1) is 12.2. The van der Waals surface area contributed by atoms with Gasteiger partial charge in [-0.05, 0) is 31.2 Å². The highest BCUT2D eigenvalue weighted by molar-refractivity contribution is 5.90. The molecular formula is C18H17N5O2. The zero-order valence-electron chi connectivity index (χ0n) is 13.7. The summed E-state index contributed by atoms with van der Waals surface area (Å²) in [4.78, 5) is 22.5. The van der Waals surface area contributed by atoms with Crippen LogP contribution in [0.25, 0.3) is 11.5 Å². The molecule has 1 aliphatic heterocycles. The highest BCUT2D eigenvalue weighted by Gasteiger charge is 2.35. The van der Waals surface area contributed by atoms with E-state index in [2.05, 4.69) is 20.4 Å². The van der Waals surface area contributed by atoms with Crippen molar-refractivity contribution >= 4 is 11.7 Å². The van der Waals surface area contributed by atoms with Crippen LogP contribution in [0.5, 0.6) is 0 Å².